The van der Waals surface area contributed by atoms with Crippen LogP contribution in [0.1, 0.15) is 54.2 Å². The van der Waals surface area contributed by atoms with Gasteiger partial charge < -0.3 is 19.6 Å². The summed E-state index contributed by atoms with van der Waals surface area (Å²) in [6.07, 6.45) is 1.06. The molecule has 3 aromatic rings. The molecule has 7 heteroatoms. The summed E-state index contributed by atoms with van der Waals surface area (Å²) in [4.78, 5) is 41.0. The lowest BCUT2D eigenvalue weighted by molar-refractivity contribution is -0.137. The van der Waals surface area contributed by atoms with E-state index in [9.17, 15) is 14.4 Å². The minimum Gasteiger partial charge on any atom is -0.497 e. The molecule has 0 saturated heterocycles. The molecule has 3 aromatic carbocycles. The van der Waals surface area contributed by atoms with Gasteiger partial charge in [-0.25, -0.2) is 0 Å². The number of aryl methyl sites for hydroxylation is 1. The van der Waals surface area contributed by atoms with Crippen molar-refractivity contribution in [1.82, 2.24) is 0 Å². The molecular formula is C29H30N2O5. The third kappa shape index (κ3) is 5.10. The van der Waals surface area contributed by atoms with Crippen LogP contribution in [-0.4, -0.2) is 36.0 Å². The quantitative estimate of drug-likeness (QED) is 0.493. The second-order valence-electron chi connectivity index (χ2n) is 9.01. The van der Waals surface area contributed by atoms with E-state index in [4.69, 9.17) is 9.84 Å². The monoisotopic (exact) mass is 486 g/mol. The molecule has 0 radical (unpaired) electrons. The van der Waals surface area contributed by atoms with E-state index >= 15 is 0 Å². The fraction of sp³-hybridized carbons (Fsp3) is 0.276. The molecule has 7 nitrogen and oxygen atoms in total. The molecule has 2 unspecified atom stereocenters. The first-order valence-electron chi connectivity index (χ1n) is 12.0. The van der Waals surface area contributed by atoms with Crippen molar-refractivity contribution in [3.8, 4) is 5.75 Å². The third-order valence-corrected chi connectivity index (χ3v) is 6.61. The molecule has 0 aliphatic carbocycles. The van der Waals surface area contributed by atoms with Gasteiger partial charge in [0.1, 0.15) is 5.75 Å². The Hall–Kier alpha value is -4.13. The largest absolute Gasteiger partial charge is 0.497 e. The first-order chi connectivity index (χ1) is 17.3. The minimum atomic E-state index is -0.842. The number of carbonyl (C=O) groups excluding carboxylic acids is 2. The topological polar surface area (TPSA) is 87.2 Å². The number of nitrogens with zero attached hydrogens (tertiary/aromatic N) is 2. The molecule has 2 amide bonds. The van der Waals surface area contributed by atoms with E-state index in [-0.39, 0.29) is 30.3 Å². The Morgan fingerprint density at radius 3 is 2.28 bits per heavy atom. The van der Waals surface area contributed by atoms with Crippen molar-refractivity contribution >= 4 is 29.2 Å². The normalized spacial score (nSPS) is 16.7. The third-order valence-electron chi connectivity index (χ3n) is 6.61. The number of carbonyl (C=O) groups is 3. The number of carboxylic acid groups (broad SMARTS) is 1. The van der Waals surface area contributed by atoms with Gasteiger partial charge in [-0.1, -0.05) is 30.3 Å². The average molecular weight is 487 g/mol. The average Bonchev–Trinajstić information content (AvgIpc) is 2.88. The van der Waals surface area contributed by atoms with Gasteiger partial charge in [-0.05, 0) is 73.4 Å². The Labute approximate surface area is 210 Å². The molecule has 4 rings (SSSR count). The zero-order valence-corrected chi connectivity index (χ0v) is 20.7. The lowest BCUT2D eigenvalue weighted by Crippen LogP contribution is -2.47. The first-order valence-corrected chi connectivity index (χ1v) is 12.0. The summed E-state index contributed by atoms with van der Waals surface area (Å²) in [7, 11) is 1.59. The van der Waals surface area contributed by atoms with Gasteiger partial charge in [0.05, 0.1) is 13.2 Å². The Morgan fingerprint density at radius 2 is 1.67 bits per heavy atom. The van der Waals surface area contributed by atoms with Gasteiger partial charge in [-0.15, -0.1) is 0 Å². The van der Waals surface area contributed by atoms with Crippen LogP contribution in [0.4, 0.5) is 11.4 Å². The molecule has 2 atom stereocenters. The zero-order chi connectivity index (χ0) is 25.8. The summed E-state index contributed by atoms with van der Waals surface area (Å²) in [5, 5.41) is 8.95. The van der Waals surface area contributed by atoms with Crippen LogP contribution in [0.15, 0.2) is 72.8 Å². The van der Waals surface area contributed by atoms with Crippen LogP contribution in [0, 0.1) is 0 Å². The van der Waals surface area contributed by atoms with Crippen LogP contribution in [0.5, 0.6) is 5.75 Å². The molecular weight excluding hydrogens is 456 g/mol. The Bertz CT molecular complexity index is 1250. The highest BCUT2D eigenvalue weighted by Crippen LogP contribution is 2.42. The number of aliphatic carboxylic acids is 1. The Kier molecular flexibility index (Phi) is 7.38. The number of hydrogen-bond acceptors (Lipinski definition) is 4. The van der Waals surface area contributed by atoms with E-state index < -0.39 is 5.97 Å². The second kappa shape index (κ2) is 10.6. The number of methoxy groups -OCH3 is 1. The van der Waals surface area contributed by atoms with E-state index in [1.165, 1.54) is 0 Å². The number of anilines is 2. The fourth-order valence-corrected chi connectivity index (χ4v) is 4.86. The van der Waals surface area contributed by atoms with Crippen molar-refractivity contribution in [2.45, 2.75) is 45.2 Å². The van der Waals surface area contributed by atoms with Crippen LogP contribution in [0.3, 0.4) is 0 Å². The number of ether oxygens (including phenoxy) is 1. The smallest absolute Gasteiger partial charge is 0.303 e. The standard InChI is InChI=1S/C29H30N2O5/c1-19-18-27(31(20(2)32)23-13-8-21(9-14-23)10-17-28(33)34)25-6-4-5-7-26(25)30(19)29(35)22-11-15-24(36-3)16-12-22/h4-9,11-16,19,27H,10,17-18H2,1-3H3,(H,33,34). The van der Waals surface area contributed by atoms with Gasteiger partial charge in [0.2, 0.25) is 5.91 Å². The number of amides is 2. The van der Waals surface area contributed by atoms with E-state index in [0.717, 1.165) is 22.5 Å². The summed E-state index contributed by atoms with van der Waals surface area (Å²) in [6.45, 7) is 3.54. The maximum Gasteiger partial charge on any atom is 0.303 e. The second-order valence-corrected chi connectivity index (χ2v) is 9.01. The maximum absolute atomic E-state index is 13.6. The number of rotatable bonds is 7. The molecule has 0 saturated carbocycles. The molecule has 0 aromatic heterocycles. The molecule has 1 N–H and O–H groups in total. The van der Waals surface area contributed by atoms with E-state index in [1.807, 2.05) is 55.5 Å². The molecule has 0 fully saturated rings. The molecule has 186 valence electrons. The van der Waals surface area contributed by atoms with Gasteiger partial charge in [-0.2, -0.15) is 0 Å². The molecule has 36 heavy (non-hydrogen) atoms. The van der Waals surface area contributed by atoms with Gasteiger partial charge in [0.25, 0.3) is 5.91 Å². The SMILES string of the molecule is COc1ccc(C(=O)N2c3ccccc3C(N(C(C)=O)c3ccc(CCC(=O)O)cc3)CC2C)cc1. The Morgan fingerprint density at radius 1 is 1.00 bits per heavy atom. The van der Waals surface area contributed by atoms with Gasteiger partial charge in [0, 0.05) is 36.3 Å². The van der Waals surface area contributed by atoms with E-state index in [0.29, 0.717) is 24.2 Å². The van der Waals surface area contributed by atoms with Crippen molar-refractivity contribution in [1.29, 1.82) is 0 Å². The van der Waals surface area contributed by atoms with Crippen molar-refractivity contribution in [2.75, 3.05) is 16.9 Å². The number of hydrogen-bond donors (Lipinski definition) is 1. The van der Waals surface area contributed by atoms with Crippen molar-refractivity contribution in [3.63, 3.8) is 0 Å². The molecule has 1 aliphatic heterocycles. The fourth-order valence-electron chi connectivity index (χ4n) is 4.86. The summed E-state index contributed by atoms with van der Waals surface area (Å²) in [5.41, 5.74) is 3.90. The van der Waals surface area contributed by atoms with Gasteiger partial charge >= 0.3 is 5.97 Å². The van der Waals surface area contributed by atoms with Crippen LogP contribution in [0.2, 0.25) is 0 Å². The van der Waals surface area contributed by atoms with Crippen molar-refractivity contribution < 1.29 is 24.2 Å². The predicted molar refractivity (Wildman–Crippen MR) is 139 cm³/mol. The van der Waals surface area contributed by atoms with Crippen molar-refractivity contribution in [2.24, 2.45) is 0 Å². The summed E-state index contributed by atoms with van der Waals surface area (Å²) in [6, 6.07) is 21.8. The zero-order valence-electron chi connectivity index (χ0n) is 20.7. The van der Waals surface area contributed by atoms with Crippen LogP contribution in [0.25, 0.3) is 0 Å². The number of carboxylic acids is 1. The van der Waals surface area contributed by atoms with Crippen LogP contribution in [-0.2, 0) is 16.0 Å². The molecule has 0 bridgehead atoms. The number of benzene rings is 3. The highest BCUT2D eigenvalue weighted by molar-refractivity contribution is 6.07. The number of para-hydroxylation sites is 1. The first kappa shape index (κ1) is 25.0. The highest BCUT2D eigenvalue weighted by Gasteiger charge is 2.38. The molecule has 0 spiro atoms. The lowest BCUT2D eigenvalue weighted by Gasteiger charge is -2.43. The van der Waals surface area contributed by atoms with Crippen molar-refractivity contribution in [3.05, 3.63) is 89.5 Å². The lowest BCUT2D eigenvalue weighted by atomic mass is 9.89. The van der Waals surface area contributed by atoms with E-state index in [1.54, 1.807) is 48.1 Å². The highest BCUT2D eigenvalue weighted by atomic mass is 16.5. The molecule has 1 aliphatic rings. The number of fused-ring (bicyclic) bond motifs is 1. The molecule has 1 heterocycles. The maximum atomic E-state index is 13.6. The summed E-state index contributed by atoms with van der Waals surface area (Å²) < 4.78 is 5.22. The van der Waals surface area contributed by atoms with Gasteiger partial charge in [0.15, 0.2) is 0 Å². The van der Waals surface area contributed by atoms with Crippen LogP contribution < -0.4 is 14.5 Å². The van der Waals surface area contributed by atoms with Gasteiger partial charge in [-0.3, -0.25) is 14.4 Å². The summed E-state index contributed by atoms with van der Waals surface area (Å²) >= 11 is 0. The minimum absolute atomic E-state index is 0.0569. The van der Waals surface area contributed by atoms with Crippen LogP contribution >= 0.6 is 0 Å². The predicted octanol–water partition coefficient (Wildman–Crippen LogP) is 5.25. The van der Waals surface area contributed by atoms with E-state index in [2.05, 4.69) is 0 Å². The summed E-state index contributed by atoms with van der Waals surface area (Å²) in [5.74, 6) is -0.362. The Balaban J connectivity index is 1.67.